The van der Waals surface area contributed by atoms with Crippen molar-refractivity contribution in [1.29, 1.82) is 0 Å². The van der Waals surface area contributed by atoms with E-state index in [1.807, 2.05) is 6.20 Å². The third kappa shape index (κ3) is 2.41. The van der Waals surface area contributed by atoms with Crippen LogP contribution in [0.25, 0.3) is 11.4 Å². The van der Waals surface area contributed by atoms with Crippen molar-refractivity contribution in [3.8, 4) is 11.4 Å². The average molecular weight is 267 g/mol. The lowest BCUT2D eigenvalue weighted by Gasteiger charge is -2.27. The maximum Gasteiger partial charge on any atom is 0.162 e. The second-order valence-electron chi connectivity index (χ2n) is 5.72. The molecule has 2 aromatic heterocycles. The van der Waals surface area contributed by atoms with Crippen molar-refractivity contribution in [3.63, 3.8) is 0 Å². The zero-order valence-electron chi connectivity index (χ0n) is 11.4. The van der Waals surface area contributed by atoms with Gasteiger partial charge in [-0.15, -0.1) is 0 Å². The molecule has 4 rings (SSSR count). The molecule has 1 saturated carbocycles. The second kappa shape index (κ2) is 4.90. The zero-order valence-corrected chi connectivity index (χ0v) is 11.4. The smallest absolute Gasteiger partial charge is 0.162 e. The lowest BCUT2D eigenvalue weighted by molar-refractivity contribution is 0.240. The molecule has 0 N–H and O–H groups in total. The van der Waals surface area contributed by atoms with E-state index in [2.05, 4.69) is 19.9 Å². The van der Waals surface area contributed by atoms with Gasteiger partial charge in [-0.05, 0) is 30.7 Å². The lowest BCUT2D eigenvalue weighted by atomic mass is 10.1. The Kier molecular flexibility index (Phi) is 2.92. The molecule has 0 aromatic carbocycles. The van der Waals surface area contributed by atoms with Crippen LogP contribution in [0, 0.1) is 5.92 Å². The zero-order chi connectivity index (χ0) is 13.4. The van der Waals surface area contributed by atoms with E-state index in [-0.39, 0.29) is 0 Å². The predicted molar refractivity (Wildman–Crippen MR) is 74.8 cm³/mol. The van der Waals surface area contributed by atoms with Gasteiger partial charge in [0.25, 0.3) is 0 Å². The summed E-state index contributed by atoms with van der Waals surface area (Å²) in [4.78, 5) is 19.8. The Balaban J connectivity index is 1.59. The van der Waals surface area contributed by atoms with Crippen LogP contribution in [0.3, 0.4) is 0 Å². The summed E-state index contributed by atoms with van der Waals surface area (Å²) in [6, 6.07) is 0. The first-order chi connectivity index (χ1) is 9.88. The molecule has 5 heteroatoms. The lowest BCUT2D eigenvalue weighted by Crippen LogP contribution is -2.33. The van der Waals surface area contributed by atoms with Crippen molar-refractivity contribution in [2.75, 3.05) is 13.1 Å². The highest BCUT2D eigenvalue weighted by molar-refractivity contribution is 5.52. The van der Waals surface area contributed by atoms with Crippen molar-refractivity contribution in [2.24, 2.45) is 5.92 Å². The summed E-state index contributed by atoms with van der Waals surface area (Å²) in [5.41, 5.74) is 3.35. The monoisotopic (exact) mass is 267 g/mol. The molecule has 0 spiro atoms. The van der Waals surface area contributed by atoms with Crippen LogP contribution in [0.5, 0.6) is 0 Å². The summed E-state index contributed by atoms with van der Waals surface area (Å²) >= 11 is 0. The normalized spacial score (nSPS) is 18.8. The van der Waals surface area contributed by atoms with Crippen LogP contribution in [0.1, 0.15) is 24.1 Å². The Labute approximate surface area is 118 Å². The van der Waals surface area contributed by atoms with Gasteiger partial charge in [0, 0.05) is 38.2 Å². The maximum absolute atomic E-state index is 4.73. The van der Waals surface area contributed by atoms with Crippen LogP contribution in [-0.4, -0.2) is 37.9 Å². The highest BCUT2D eigenvalue weighted by Crippen LogP contribution is 2.31. The third-order valence-electron chi connectivity index (χ3n) is 4.06. The van der Waals surface area contributed by atoms with E-state index in [9.17, 15) is 0 Å². The molecule has 5 nitrogen and oxygen atoms in total. The first kappa shape index (κ1) is 11.9. The molecule has 2 aromatic rings. The highest BCUT2D eigenvalue weighted by Gasteiger charge is 2.27. The summed E-state index contributed by atoms with van der Waals surface area (Å²) < 4.78 is 0. The molecule has 1 aliphatic heterocycles. The molecule has 0 saturated heterocycles. The quantitative estimate of drug-likeness (QED) is 0.847. The molecule has 102 valence electrons. The number of fused-ring (bicyclic) bond motifs is 1. The second-order valence-corrected chi connectivity index (χ2v) is 5.72. The van der Waals surface area contributed by atoms with Crippen molar-refractivity contribution in [2.45, 2.75) is 25.8 Å². The molecule has 0 bridgehead atoms. The Hall–Kier alpha value is -1.88. The molecule has 2 aliphatic rings. The van der Waals surface area contributed by atoms with E-state index >= 15 is 0 Å². The predicted octanol–water partition coefficient (Wildman–Crippen LogP) is 1.70. The Morgan fingerprint density at radius 3 is 2.80 bits per heavy atom. The van der Waals surface area contributed by atoms with Gasteiger partial charge in [0.05, 0.1) is 11.3 Å². The van der Waals surface area contributed by atoms with Gasteiger partial charge in [0.2, 0.25) is 0 Å². The van der Waals surface area contributed by atoms with Gasteiger partial charge in [-0.1, -0.05) is 0 Å². The molecule has 1 fully saturated rings. The summed E-state index contributed by atoms with van der Waals surface area (Å²) in [6.45, 7) is 3.32. The molecular formula is C15H17N5. The van der Waals surface area contributed by atoms with Crippen LogP contribution in [0.2, 0.25) is 0 Å². The first-order valence-corrected chi connectivity index (χ1v) is 7.21. The Morgan fingerprint density at radius 2 is 2.00 bits per heavy atom. The molecule has 0 unspecified atom stereocenters. The van der Waals surface area contributed by atoms with E-state index < -0.39 is 0 Å². The number of hydrogen-bond acceptors (Lipinski definition) is 5. The van der Waals surface area contributed by atoms with E-state index in [1.165, 1.54) is 37.0 Å². The SMILES string of the molecule is c1ncc(-c2ncc3c(n2)CN(CC2CC2)CC3)cn1. The van der Waals surface area contributed by atoms with Crippen molar-refractivity contribution in [3.05, 3.63) is 36.2 Å². The van der Waals surface area contributed by atoms with Crippen LogP contribution >= 0.6 is 0 Å². The van der Waals surface area contributed by atoms with Crippen molar-refractivity contribution < 1.29 is 0 Å². The first-order valence-electron chi connectivity index (χ1n) is 7.21. The average Bonchev–Trinajstić information content (AvgIpc) is 3.31. The molecule has 1 aliphatic carbocycles. The van der Waals surface area contributed by atoms with Crippen LogP contribution in [-0.2, 0) is 13.0 Å². The molecule has 20 heavy (non-hydrogen) atoms. The van der Waals surface area contributed by atoms with Gasteiger partial charge in [-0.2, -0.15) is 0 Å². The number of rotatable bonds is 3. The van der Waals surface area contributed by atoms with E-state index in [1.54, 1.807) is 12.4 Å². The Morgan fingerprint density at radius 1 is 1.15 bits per heavy atom. The van der Waals surface area contributed by atoms with E-state index in [0.29, 0.717) is 0 Å². The van der Waals surface area contributed by atoms with Crippen LogP contribution in [0.4, 0.5) is 0 Å². The number of nitrogens with zero attached hydrogens (tertiary/aromatic N) is 5. The highest BCUT2D eigenvalue weighted by atomic mass is 15.1. The summed E-state index contributed by atoms with van der Waals surface area (Å²) in [6.07, 6.45) is 10.9. The van der Waals surface area contributed by atoms with Gasteiger partial charge in [-0.3, -0.25) is 4.90 Å². The van der Waals surface area contributed by atoms with Crippen LogP contribution in [0.15, 0.2) is 24.9 Å². The Bertz CT molecular complexity index is 609. The fourth-order valence-electron chi connectivity index (χ4n) is 2.73. The van der Waals surface area contributed by atoms with Gasteiger partial charge in [0.1, 0.15) is 6.33 Å². The van der Waals surface area contributed by atoms with E-state index in [4.69, 9.17) is 4.98 Å². The third-order valence-corrected chi connectivity index (χ3v) is 4.06. The number of hydrogen-bond donors (Lipinski definition) is 0. The standard InChI is InChI=1S/C15H17N5/c1-2-11(1)8-20-4-3-12-7-18-15(19-14(12)9-20)13-5-16-10-17-6-13/h5-7,10-11H,1-4,8-9H2. The minimum atomic E-state index is 0.734. The fraction of sp³-hybridized carbons (Fsp3) is 0.467. The van der Waals surface area contributed by atoms with Gasteiger partial charge >= 0.3 is 0 Å². The van der Waals surface area contributed by atoms with Crippen molar-refractivity contribution >= 4 is 0 Å². The molecule has 3 heterocycles. The van der Waals surface area contributed by atoms with Gasteiger partial charge in [-0.25, -0.2) is 19.9 Å². The summed E-state index contributed by atoms with van der Waals surface area (Å²) in [5, 5.41) is 0. The van der Waals surface area contributed by atoms with Gasteiger partial charge in [0.15, 0.2) is 5.82 Å². The van der Waals surface area contributed by atoms with E-state index in [0.717, 1.165) is 36.8 Å². The summed E-state index contributed by atoms with van der Waals surface area (Å²) in [5.74, 6) is 1.66. The maximum atomic E-state index is 4.73. The minimum absolute atomic E-state index is 0.734. The molecule has 0 atom stereocenters. The largest absolute Gasteiger partial charge is 0.297 e. The molecular weight excluding hydrogens is 250 g/mol. The molecule has 0 amide bonds. The van der Waals surface area contributed by atoms with Gasteiger partial charge < -0.3 is 0 Å². The minimum Gasteiger partial charge on any atom is -0.297 e. The van der Waals surface area contributed by atoms with Crippen LogP contribution < -0.4 is 0 Å². The number of aromatic nitrogens is 4. The fourth-order valence-corrected chi connectivity index (χ4v) is 2.73. The van der Waals surface area contributed by atoms with Crippen molar-refractivity contribution in [1.82, 2.24) is 24.8 Å². The summed E-state index contributed by atoms with van der Waals surface area (Å²) in [7, 11) is 0. The molecule has 0 radical (unpaired) electrons. The topological polar surface area (TPSA) is 54.8 Å².